The number of nitrogens with zero attached hydrogens (tertiary/aromatic N) is 4. The number of fused-ring (bicyclic) bond motifs is 2. The molecule has 7 rings (SSSR count). The topological polar surface area (TPSA) is 68.1 Å². The molecule has 0 saturated carbocycles. The van der Waals surface area contributed by atoms with Gasteiger partial charge >= 0.3 is 0 Å². The summed E-state index contributed by atoms with van der Waals surface area (Å²) in [6.45, 7) is 2.00. The molecule has 216 valence electrons. The molecule has 4 aromatic carbocycles. The highest BCUT2D eigenvalue weighted by atomic mass is 35.5. The van der Waals surface area contributed by atoms with Crippen molar-refractivity contribution in [2.45, 2.75) is 12.3 Å². The molecule has 0 spiro atoms. The van der Waals surface area contributed by atoms with Crippen molar-refractivity contribution >= 4 is 80.4 Å². The quantitative estimate of drug-likeness (QED) is 0.140. The van der Waals surface area contributed by atoms with Gasteiger partial charge in [0.15, 0.2) is 5.82 Å². The molecule has 44 heavy (non-hydrogen) atoms. The molecule has 2 aromatic heterocycles. The first-order valence-electron chi connectivity index (χ1n) is 13.6. The summed E-state index contributed by atoms with van der Waals surface area (Å²) in [5, 5.41) is 3.22. The molecule has 10 heteroatoms. The number of pyridine rings is 1. The van der Waals surface area contributed by atoms with Crippen molar-refractivity contribution < 1.29 is 4.79 Å². The maximum absolute atomic E-state index is 14.5. The fraction of sp³-hybridized carbons (Fsp3) is 0.0588. The Bertz CT molecular complexity index is 2220. The minimum atomic E-state index is -0.746. The summed E-state index contributed by atoms with van der Waals surface area (Å²) < 4.78 is 1.35. The zero-order valence-electron chi connectivity index (χ0n) is 23.0. The van der Waals surface area contributed by atoms with Crippen molar-refractivity contribution in [2.75, 3.05) is 5.01 Å². The normalized spacial score (nSPS) is 16.0. The highest BCUT2D eigenvalue weighted by Crippen LogP contribution is 2.47. The van der Waals surface area contributed by atoms with E-state index in [1.165, 1.54) is 21.4 Å². The van der Waals surface area contributed by atoms with Crippen LogP contribution >= 0.6 is 46.6 Å². The van der Waals surface area contributed by atoms with Crippen LogP contribution in [0.2, 0.25) is 15.2 Å². The molecule has 0 bridgehead atoms. The fourth-order valence-corrected chi connectivity index (χ4v) is 7.12. The largest absolute Gasteiger partial charge is 0.280 e. The molecule has 1 amide bonds. The summed E-state index contributed by atoms with van der Waals surface area (Å²) in [6, 6.07) is 29.1. The van der Waals surface area contributed by atoms with E-state index in [1.807, 2.05) is 49.4 Å². The Morgan fingerprint density at radius 1 is 0.795 bits per heavy atom. The smallest absolute Gasteiger partial charge is 0.267 e. The average molecular weight is 656 g/mol. The van der Waals surface area contributed by atoms with Crippen molar-refractivity contribution in [1.29, 1.82) is 0 Å². The van der Waals surface area contributed by atoms with Gasteiger partial charge in [-0.2, -0.15) is 4.68 Å². The van der Waals surface area contributed by atoms with E-state index >= 15 is 0 Å². The van der Waals surface area contributed by atoms with Gasteiger partial charge in [-0.1, -0.05) is 82.5 Å². The second kappa shape index (κ2) is 11.4. The standard InChI is InChI=1S/C34H21Cl3N4O2S/c1-19-9-14-27-22(15-19)18-26(30(37)38-27)34-41(33(43)29(44-34)17-20-5-4-6-24(36)16-20)40-31(21-10-12-23(35)13-11-21)39-28-8-3-2-7-25(28)32(40)42/h2-18,34H,1H3. The Hall–Kier alpha value is -4.14. The van der Waals surface area contributed by atoms with Crippen LogP contribution in [0.3, 0.4) is 0 Å². The first kappa shape index (κ1) is 28.6. The molecule has 1 saturated heterocycles. The van der Waals surface area contributed by atoms with Gasteiger partial charge in [-0.05, 0) is 85.3 Å². The second-order valence-electron chi connectivity index (χ2n) is 10.3. The van der Waals surface area contributed by atoms with E-state index < -0.39 is 16.8 Å². The van der Waals surface area contributed by atoms with Gasteiger partial charge in [-0.25, -0.2) is 15.0 Å². The van der Waals surface area contributed by atoms with Gasteiger partial charge in [0.2, 0.25) is 0 Å². The number of amides is 1. The van der Waals surface area contributed by atoms with Crippen LogP contribution in [-0.2, 0) is 4.79 Å². The van der Waals surface area contributed by atoms with Gasteiger partial charge in [0.05, 0.1) is 21.3 Å². The number of rotatable bonds is 4. The Morgan fingerprint density at radius 3 is 2.39 bits per heavy atom. The molecule has 1 fully saturated rings. The number of aromatic nitrogens is 3. The SMILES string of the molecule is Cc1ccc2nc(Cl)c(C3SC(=Cc4cccc(Cl)c4)C(=O)N3n3c(-c4ccc(Cl)cc4)nc4ccccc4c3=O)cc2c1. The zero-order valence-corrected chi connectivity index (χ0v) is 26.1. The van der Waals surface area contributed by atoms with Crippen LogP contribution in [0, 0.1) is 6.92 Å². The highest BCUT2D eigenvalue weighted by Gasteiger charge is 2.42. The van der Waals surface area contributed by atoms with E-state index in [4.69, 9.17) is 39.8 Å². The summed E-state index contributed by atoms with van der Waals surface area (Å²) in [7, 11) is 0. The maximum atomic E-state index is 14.5. The minimum Gasteiger partial charge on any atom is -0.267 e. The van der Waals surface area contributed by atoms with Crippen molar-refractivity contribution in [1.82, 2.24) is 14.6 Å². The molecular formula is C34H21Cl3N4O2S. The summed E-state index contributed by atoms with van der Waals surface area (Å²) in [5.41, 5.74) is 3.83. The molecule has 1 aliphatic heterocycles. The molecule has 6 aromatic rings. The second-order valence-corrected chi connectivity index (χ2v) is 12.7. The van der Waals surface area contributed by atoms with E-state index in [9.17, 15) is 9.59 Å². The number of para-hydroxylation sites is 1. The van der Waals surface area contributed by atoms with Crippen LogP contribution in [-0.4, -0.2) is 20.6 Å². The Morgan fingerprint density at radius 2 is 1.59 bits per heavy atom. The lowest BCUT2D eigenvalue weighted by atomic mass is 10.1. The first-order chi connectivity index (χ1) is 21.3. The molecule has 1 unspecified atom stereocenters. The predicted octanol–water partition coefficient (Wildman–Crippen LogP) is 8.83. The number of thioether (sulfide) groups is 1. The van der Waals surface area contributed by atoms with Crippen molar-refractivity contribution in [2.24, 2.45) is 0 Å². The Kier molecular flexibility index (Phi) is 7.42. The lowest BCUT2D eigenvalue weighted by Crippen LogP contribution is -2.46. The summed E-state index contributed by atoms with van der Waals surface area (Å²) in [4.78, 5) is 38.8. The molecule has 3 heterocycles. The van der Waals surface area contributed by atoms with Crippen molar-refractivity contribution in [3.63, 3.8) is 0 Å². The lowest BCUT2D eigenvalue weighted by Gasteiger charge is -2.28. The van der Waals surface area contributed by atoms with Gasteiger partial charge < -0.3 is 0 Å². The number of hydrogen-bond acceptors (Lipinski definition) is 5. The van der Waals surface area contributed by atoms with E-state index in [0.29, 0.717) is 37.0 Å². The maximum Gasteiger partial charge on any atom is 0.280 e. The Balaban J connectivity index is 1.51. The van der Waals surface area contributed by atoms with Gasteiger partial charge in [0, 0.05) is 26.6 Å². The number of hydrogen-bond donors (Lipinski definition) is 0. The van der Waals surface area contributed by atoms with Crippen LogP contribution in [0.1, 0.15) is 22.1 Å². The van der Waals surface area contributed by atoms with Gasteiger partial charge in [-0.15, -0.1) is 0 Å². The molecule has 1 atom stereocenters. The highest BCUT2D eigenvalue weighted by molar-refractivity contribution is 8.05. The number of benzene rings is 4. The number of carbonyl (C=O) groups excluding carboxylic acids is 1. The monoisotopic (exact) mass is 654 g/mol. The van der Waals surface area contributed by atoms with Crippen LogP contribution in [0.4, 0.5) is 0 Å². The zero-order chi connectivity index (χ0) is 30.5. The summed E-state index contributed by atoms with van der Waals surface area (Å²) >= 11 is 20.6. The molecule has 0 aliphatic carbocycles. The average Bonchev–Trinajstić information content (AvgIpc) is 3.32. The molecule has 1 aliphatic rings. The van der Waals surface area contributed by atoms with E-state index in [-0.39, 0.29) is 11.0 Å². The van der Waals surface area contributed by atoms with Crippen LogP contribution in [0.15, 0.2) is 107 Å². The van der Waals surface area contributed by atoms with E-state index in [1.54, 1.807) is 60.7 Å². The molecule has 0 N–H and O–H groups in total. The third kappa shape index (κ3) is 5.16. The Labute approximate surface area is 271 Å². The molecule has 0 radical (unpaired) electrons. The number of aryl methyl sites for hydroxylation is 1. The molecular weight excluding hydrogens is 635 g/mol. The first-order valence-corrected chi connectivity index (χ1v) is 15.6. The van der Waals surface area contributed by atoms with Crippen LogP contribution in [0.25, 0.3) is 39.3 Å². The number of carbonyl (C=O) groups is 1. The van der Waals surface area contributed by atoms with Gasteiger partial charge in [0.1, 0.15) is 10.5 Å². The van der Waals surface area contributed by atoms with Crippen molar-refractivity contribution in [3.8, 4) is 11.4 Å². The van der Waals surface area contributed by atoms with Gasteiger partial charge in [-0.3, -0.25) is 9.59 Å². The van der Waals surface area contributed by atoms with Crippen LogP contribution < -0.4 is 10.6 Å². The van der Waals surface area contributed by atoms with E-state index in [2.05, 4.69) is 4.98 Å². The van der Waals surface area contributed by atoms with E-state index in [0.717, 1.165) is 22.0 Å². The summed E-state index contributed by atoms with van der Waals surface area (Å²) in [5.74, 6) is -0.108. The fourth-order valence-electron chi connectivity index (χ4n) is 5.25. The third-order valence-electron chi connectivity index (χ3n) is 7.31. The third-order valence-corrected chi connectivity index (χ3v) is 9.33. The minimum absolute atomic E-state index is 0.232. The van der Waals surface area contributed by atoms with Gasteiger partial charge in [0.25, 0.3) is 11.5 Å². The lowest BCUT2D eigenvalue weighted by molar-refractivity contribution is -0.115. The predicted molar refractivity (Wildman–Crippen MR) is 181 cm³/mol. The van der Waals surface area contributed by atoms with Crippen molar-refractivity contribution in [3.05, 3.63) is 144 Å². The van der Waals surface area contributed by atoms with Crippen LogP contribution in [0.5, 0.6) is 0 Å². The number of halogens is 3. The summed E-state index contributed by atoms with van der Waals surface area (Å²) in [6.07, 6.45) is 1.76. The molecule has 6 nitrogen and oxygen atoms in total.